The van der Waals surface area contributed by atoms with Crippen LogP contribution in [0.25, 0.3) is 0 Å². The number of urea groups is 1. The molecule has 0 aliphatic rings. The van der Waals surface area contributed by atoms with E-state index in [1.807, 2.05) is 61.5 Å². The van der Waals surface area contributed by atoms with E-state index in [1.165, 1.54) is 13.3 Å². The quantitative estimate of drug-likeness (QED) is 0.395. The average molecular weight is 424 g/mol. The molecule has 6 nitrogen and oxygen atoms in total. The van der Waals surface area contributed by atoms with E-state index in [-0.39, 0.29) is 0 Å². The Hall–Kier alpha value is -3.51. The second-order valence-electron chi connectivity index (χ2n) is 6.45. The van der Waals surface area contributed by atoms with Gasteiger partial charge in [0.15, 0.2) is 11.5 Å². The summed E-state index contributed by atoms with van der Waals surface area (Å²) >= 11 is 6.38. The first-order valence-electron chi connectivity index (χ1n) is 9.27. The Kier molecular flexibility index (Phi) is 7.29. The normalized spacial score (nSPS) is 10.6. The van der Waals surface area contributed by atoms with Gasteiger partial charge in [-0.1, -0.05) is 60.1 Å². The number of anilines is 1. The second kappa shape index (κ2) is 10.3. The zero-order valence-corrected chi connectivity index (χ0v) is 17.4. The highest BCUT2D eigenvalue weighted by Gasteiger charge is 2.12. The number of hydrogen-bond acceptors (Lipinski definition) is 4. The van der Waals surface area contributed by atoms with Gasteiger partial charge in [-0.15, -0.1) is 0 Å². The molecule has 154 valence electrons. The summed E-state index contributed by atoms with van der Waals surface area (Å²) in [5.74, 6) is 0.926. The smallest absolute Gasteiger partial charge is 0.339 e. The molecule has 0 aliphatic carbocycles. The molecule has 30 heavy (non-hydrogen) atoms. The van der Waals surface area contributed by atoms with E-state index in [0.717, 1.165) is 16.8 Å². The number of methoxy groups -OCH3 is 1. The summed E-state index contributed by atoms with van der Waals surface area (Å²) < 4.78 is 11.2. The summed E-state index contributed by atoms with van der Waals surface area (Å²) in [6.07, 6.45) is 1.48. The van der Waals surface area contributed by atoms with Gasteiger partial charge in [-0.2, -0.15) is 5.10 Å². The molecule has 3 aromatic carbocycles. The minimum atomic E-state index is -0.443. The molecule has 0 saturated heterocycles. The first kappa shape index (κ1) is 21.2. The Morgan fingerprint density at radius 2 is 1.83 bits per heavy atom. The van der Waals surface area contributed by atoms with Gasteiger partial charge in [-0.25, -0.2) is 10.2 Å². The summed E-state index contributed by atoms with van der Waals surface area (Å²) in [5.41, 5.74) is 5.78. The SMILES string of the molecule is COc1cc(C=NNC(=O)Nc2ccccc2C)cc(Cl)c1OCc1ccccc1. The van der Waals surface area contributed by atoms with E-state index in [2.05, 4.69) is 15.8 Å². The Morgan fingerprint density at radius 3 is 2.57 bits per heavy atom. The zero-order valence-electron chi connectivity index (χ0n) is 16.7. The van der Waals surface area contributed by atoms with Crippen LogP contribution in [0.15, 0.2) is 71.8 Å². The minimum absolute atomic E-state index is 0.366. The molecule has 0 atom stereocenters. The molecule has 0 fully saturated rings. The summed E-state index contributed by atoms with van der Waals surface area (Å²) in [4.78, 5) is 12.0. The van der Waals surface area contributed by atoms with Crippen LogP contribution in [0.1, 0.15) is 16.7 Å². The van der Waals surface area contributed by atoms with Crippen molar-refractivity contribution >= 4 is 29.5 Å². The molecule has 2 N–H and O–H groups in total. The molecule has 7 heteroatoms. The van der Waals surface area contributed by atoms with Gasteiger partial charge in [0.2, 0.25) is 0 Å². The fourth-order valence-electron chi connectivity index (χ4n) is 2.71. The molecule has 0 radical (unpaired) electrons. The van der Waals surface area contributed by atoms with Crippen molar-refractivity contribution in [2.75, 3.05) is 12.4 Å². The predicted octanol–water partition coefficient (Wildman–Crippen LogP) is 5.39. The highest BCUT2D eigenvalue weighted by molar-refractivity contribution is 6.32. The fraction of sp³-hybridized carbons (Fsp3) is 0.130. The number of hydrazone groups is 1. The molecule has 0 aliphatic heterocycles. The zero-order chi connectivity index (χ0) is 21.3. The molecule has 0 saturated carbocycles. The summed E-state index contributed by atoms with van der Waals surface area (Å²) in [7, 11) is 1.54. The van der Waals surface area contributed by atoms with Gasteiger partial charge in [0.05, 0.1) is 18.3 Å². The number of nitrogens with zero attached hydrogens (tertiary/aromatic N) is 1. The Labute approximate surface area is 180 Å². The molecule has 3 rings (SSSR count). The van der Waals surface area contributed by atoms with Gasteiger partial charge >= 0.3 is 6.03 Å². The van der Waals surface area contributed by atoms with Crippen molar-refractivity contribution in [2.24, 2.45) is 5.10 Å². The van der Waals surface area contributed by atoms with Crippen LogP contribution < -0.4 is 20.2 Å². The number of hydrogen-bond donors (Lipinski definition) is 2. The van der Waals surface area contributed by atoms with Crippen molar-refractivity contribution in [3.05, 3.63) is 88.4 Å². The Balaban J connectivity index is 1.64. The molecule has 0 aromatic heterocycles. The van der Waals surface area contributed by atoms with E-state index in [0.29, 0.717) is 28.7 Å². The highest BCUT2D eigenvalue weighted by Crippen LogP contribution is 2.36. The van der Waals surface area contributed by atoms with Gasteiger partial charge in [-0.3, -0.25) is 0 Å². The van der Waals surface area contributed by atoms with E-state index in [1.54, 1.807) is 12.1 Å². The van der Waals surface area contributed by atoms with Gasteiger partial charge < -0.3 is 14.8 Å². The molecule has 3 aromatic rings. The van der Waals surface area contributed by atoms with Crippen molar-refractivity contribution < 1.29 is 14.3 Å². The molecule has 2 amide bonds. The first-order valence-corrected chi connectivity index (χ1v) is 9.64. The topological polar surface area (TPSA) is 72.0 Å². The lowest BCUT2D eigenvalue weighted by Crippen LogP contribution is -2.24. The second-order valence-corrected chi connectivity index (χ2v) is 6.85. The van der Waals surface area contributed by atoms with Gasteiger partial charge in [0.1, 0.15) is 6.61 Å². The largest absolute Gasteiger partial charge is 0.493 e. The molecule has 0 spiro atoms. The van der Waals surface area contributed by atoms with Crippen LogP contribution in [0.3, 0.4) is 0 Å². The van der Waals surface area contributed by atoms with E-state index < -0.39 is 6.03 Å². The number of halogens is 1. The number of ether oxygens (including phenoxy) is 2. The van der Waals surface area contributed by atoms with Gasteiger partial charge in [-0.05, 0) is 41.8 Å². The summed E-state index contributed by atoms with van der Waals surface area (Å²) in [5, 5.41) is 7.09. The molecule has 0 bridgehead atoms. The van der Waals surface area contributed by atoms with Crippen LogP contribution in [-0.4, -0.2) is 19.4 Å². The maximum Gasteiger partial charge on any atom is 0.339 e. The number of nitrogens with one attached hydrogen (secondary N) is 2. The Morgan fingerprint density at radius 1 is 1.10 bits per heavy atom. The summed E-state index contributed by atoms with van der Waals surface area (Å²) in [6.45, 7) is 2.28. The minimum Gasteiger partial charge on any atom is -0.493 e. The number of aryl methyl sites for hydroxylation is 1. The number of para-hydroxylation sites is 1. The van der Waals surface area contributed by atoms with Gasteiger partial charge in [0, 0.05) is 5.69 Å². The first-order chi connectivity index (χ1) is 14.6. The maximum absolute atomic E-state index is 12.0. The number of carbonyl (C=O) groups excluding carboxylic acids is 1. The van der Waals surface area contributed by atoms with Crippen LogP contribution in [-0.2, 0) is 6.61 Å². The monoisotopic (exact) mass is 423 g/mol. The van der Waals surface area contributed by atoms with Crippen molar-refractivity contribution in [3.8, 4) is 11.5 Å². The summed E-state index contributed by atoms with van der Waals surface area (Å²) in [6, 6.07) is 20.2. The number of rotatable bonds is 7. The van der Waals surface area contributed by atoms with Crippen LogP contribution in [0.4, 0.5) is 10.5 Å². The lowest BCUT2D eigenvalue weighted by molar-refractivity contribution is 0.252. The standard InChI is InChI=1S/C23H22ClN3O3/c1-16-8-6-7-11-20(16)26-23(28)27-25-14-18-12-19(24)22(21(13-18)29-2)30-15-17-9-4-3-5-10-17/h3-14H,15H2,1-2H3,(H2,26,27,28). The third-order valence-electron chi connectivity index (χ3n) is 4.25. The van der Waals surface area contributed by atoms with E-state index in [4.69, 9.17) is 21.1 Å². The molecular formula is C23H22ClN3O3. The van der Waals surface area contributed by atoms with E-state index >= 15 is 0 Å². The third kappa shape index (κ3) is 5.75. The molecular weight excluding hydrogens is 402 g/mol. The number of benzene rings is 3. The predicted molar refractivity (Wildman–Crippen MR) is 120 cm³/mol. The molecule has 0 heterocycles. The van der Waals surface area contributed by atoms with Gasteiger partial charge in [0.25, 0.3) is 0 Å². The van der Waals surface area contributed by atoms with E-state index in [9.17, 15) is 4.79 Å². The van der Waals surface area contributed by atoms with Crippen molar-refractivity contribution in [1.82, 2.24) is 5.43 Å². The van der Waals surface area contributed by atoms with Crippen molar-refractivity contribution in [1.29, 1.82) is 0 Å². The number of amides is 2. The fourth-order valence-corrected chi connectivity index (χ4v) is 2.99. The third-order valence-corrected chi connectivity index (χ3v) is 4.53. The molecule has 0 unspecified atom stereocenters. The van der Waals surface area contributed by atoms with Crippen molar-refractivity contribution in [3.63, 3.8) is 0 Å². The van der Waals surface area contributed by atoms with Crippen LogP contribution in [0, 0.1) is 6.92 Å². The lowest BCUT2D eigenvalue weighted by atomic mass is 10.2. The van der Waals surface area contributed by atoms with Crippen LogP contribution in [0.5, 0.6) is 11.5 Å². The van der Waals surface area contributed by atoms with Crippen LogP contribution >= 0.6 is 11.6 Å². The van der Waals surface area contributed by atoms with Crippen LogP contribution in [0.2, 0.25) is 5.02 Å². The highest BCUT2D eigenvalue weighted by atomic mass is 35.5. The maximum atomic E-state index is 12.0. The lowest BCUT2D eigenvalue weighted by Gasteiger charge is -2.13. The number of carbonyl (C=O) groups is 1. The average Bonchev–Trinajstić information content (AvgIpc) is 2.75. The van der Waals surface area contributed by atoms with Crippen molar-refractivity contribution in [2.45, 2.75) is 13.5 Å². The Bertz CT molecular complexity index is 1040.